The first kappa shape index (κ1) is 16.7. The van der Waals surface area contributed by atoms with Crippen molar-refractivity contribution in [3.63, 3.8) is 0 Å². The Balaban J connectivity index is 2.20. The topological polar surface area (TPSA) is 55.4 Å². The molecule has 2 aromatic carbocycles. The zero-order valence-electron chi connectivity index (χ0n) is 13.9. The third-order valence-electron chi connectivity index (χ3n) is 3.61. The fourth-order valence-electron chi connectivity index (χ4n) is 2.40. The number of ether oxygens (including phenoxy) is 1. The summed E-state index contributed by atoms with van der Waals surface area (Å²) in [7, 11) is 0. The van der Waals surface area contributed by atoms with E-state index in [4.69, 9.17) is 4.74 Å². The number of amides is 1. The van der Waals surface area contributed by atoms with Crippen molar-refractivity contribution in [2.75, 3.05) is 11.9 Å². The fraction of sp³-hybridized carbons (Fsp3) is 0.263. The molecule has 0 bridgehead atoms. The molecule has 0 spiro atoms. The summed E-state index contributed by atoms with van der Waals surface area (Å²) in [6, 6.07) is 10.8. The van der Waals surface area contributed by atoms with Gasteiger partial charge in [0, 0.05) is 11.3 Å². The van der Waals surface area contributed by atoms with Gasteiger partial charge in [-0.1, -0.05) is 17.7 Å². The van der Waals surface area contributed by atoms with Gasteiger partial charge < -0.3 is 10.1 Å². The molecule has 0 radical (unpaired) electrons. The minimum Gasteiger partial charge on any atom is -0.462 e. The van der Waals surface area contributed by atoms with Crippen molar-refractivity contribution in [2.45, 2.75) is 27.7 Å². The lowest BCUT2D eigenvalue weighted by Gasteiger charge is -2.11. The molecule has 4 heteroatoms. The molecule has 4 nitrogen and oxygen atoms in total. The summed E-state index contributed by atoms with van der Waals surface area (Å²) < 4.78 is 4.97. The van der Waals surface area contributed by atoms with Crippen molar-refractivity contribution in [2.24, 2.45) is 0 Å². The van der Waals surface area contributed by atoms with E-state index in [0.29, 0.717) is 23.4 Å². The van der Waals surface area contributed by atoms with E-state index in [-0.39, 0.29) is 11.9 Å². The van der Waals surface area contributed by atoms with E-state index >= 15 is 0 Å². The number of carbonyl (C=O) groups is 2. The summed E-state index contributed by atoms with van der Waals surface area (Å²) in [6.07, 6.45) is 0. The predicted molar refractivity (Wildman–Crippen MR) is 91.0 cm³/mol. The largest absolute Gasteiger partial charge is 0.462 e. The third kappa shape index (κ3) is 3.97. The fourth-order valence-corrected chi connectivity index (χ4v) is 2.40. The van der Waals surface area contributed by atoms with Crippen molar-refractivity contribution in [3.05, 3.63) is 64.2 Å². The number of benzene rings is 2. The normalized spacial score (nSPS) is 10.3. The van der Waals surface area contributed by atoms with Gasteiger partial charge in [0.1, 0.15) is 0 Å². The number of hydrogen-bond donors (Lipinski definition) is 1. The molecule has 0 heterocycles. The number of rotatable bonds is 4. The van der Waals surface area contributed by atoms with E-state index in [1.54, 1.807) is 25.1 Å². The monoisotopic (exact) mass is 311 g/mol. The Morgan fingerprint density at radius 2 is 1.74 bits per heavy atom. The van der Waals surface area contributed by atoms with E-state index in [1.807, 2.05) is 39.0 Å². The number of anilines is 1. The summed E-state index contributed by atoms with van der Waals surface area (Å²) in [5, 5.41) is 2.89. The van der Waals surface area contributed by atoms with Crippen LogP contribution in [0.1, 0.15) is 44.3 Å². The summed E-state index contributed by atoms with van der Waals surface area (Å²) in [4.78, 5) is 24.1. The molecular formula is C19H21NO3. The van der Waals surface area contributed by atoms with Crippen molar-refractivity contribution >= 4 is 17.6 Å². The van der Waals surface area contributed by atoms with Crippen molar-refractivity contribution < 1.29 is 14.3 Å². The first-order chi connectivity index (χ1) is 10.9. The zero-order valence-corrected chi connectivity index (χ0v) is 13.9. The van der Waals surface area contributed by atoms with Crippen molar-refractivity contribution in [1.29, 1.82) is 0 Å². The lowest BCUT2D eigenvalue weighted by Crippen LogP contribution is -2.14. The molecule has 0 aliphatic heterocycles. The Morgan fingerprint density at radius 3 is 2.35 bits per heavy atom. The number of hydrogen-bond acceptors (Lipinski definition) is 3. The summed E-state index contributed by atoms with van der Waals surface area (Å²) in [5.74, 6) is -0.516. The molecule has 0 aliphatic carbocycles. The second-order valence-electron chi connectivity index (χ2n) is 5.52. The Morgan fingerprint density at radius 1 is 1.00 bits per heavy atom. The molecular weight excluding hydrogens is 290 g/mol. The average molecular weight is 311 g/mol. The minimum atomic E-state index is -0.358. The van der Waals surface area contributed by atoms with E-state index < -0.39 is 0 Å². The van der Waals surface area contributed by atoms with Crippen LogP contribution in [0, 0.1) is 20.8 Å². The Bertz CT molecular complexity index is 750. The van der Waals surface area contributed by atoms with Crippen LogP contribution in [0.25, 0.3) is 0 Å². The van der Waals surface area contributed by atoms with Gasteiger partial charge in [-0.05, 0) is 63.1 Å². The van der Waals surface area contributed by atoms with Gasteiger partial charge in [0.05, 0.1) is 12.2 Å². The van der Waals surface area contributed by atoms with Gasteiger partial charge in [-0.2, -0.15) is 0 Å². The highest BCUT2D eigenvalue weighted by atomic mass is 16.5. The van der Waals surface area contributed by atoms with Crippen LogP contribution in [0.4, 0.5) is 5.69 Å². The van der Waals surface area contributed by atoms with Gasteiger partial charge in [-0.15, -0.1) is 0 Å². The smallest absolute Gasteiger partial charge is 0.338 e. The molecule has 23 heavy (non-hydrogen) atoms. The zero-order chi connectivity index (χ0) is 17.0. The van der Waals surface area contributed by atoms with Crippen LogP contribution < -0.4 is 5.32 Å². The molecule has 0 aliphatic rings. The molecule has 2 aromatic rings. The van der Waals surface area contributed by atoms with Gasteiger partial charge in [-0.25, -0.2) is 4.79 Å². The lowest BCUT2D eigenvalue weighted by atomic mass is 10.0. The highest BCUT2D eigenvalue weighted by Crippen LogP contribution is 2.19. The molecule has 0 saturated carbocycles. The molecule has 1 N–H and O–H groups in total. The Labute approximate surface area is 136 Å². The maximum atomic E-state index is 12.4. The van der Waals surface area contributed by atoms with E-state index in [1.165, 1.54) is 0 Å². The molecule has 1 amide bonds. The summed E-state index contributed by atoms with van der Waals surface area (Å²) in [6.45, 7) is 7.86. The van der Waals surface area contributed by atoms with E-state index in [9.17, 15) is 9.59 Å². The minimum absolute atomic E-state index is 0.158. The van der Waals surface area contributed by atoms with Gasteiger partial charge in [-0.3, -0.25) is 4.79 Å². The first-order valence-corrected chi connectivity index (χ1v) is 7.58. The number of aryl methyl sites for hydroxylation is 3. The second-order valence-corrected chi connectivity index (χ2v) is 5.52. The Hall–Kier alpha value is -2.62. The summed E-state index contributed by atoms with van der Waals surface area (Å²) in [5.41, 5.74) is 4.67. The SMILES string of the molecule is CCOC(=O)c1ccc(NC(=O)c2ccc(C)cc2C)c(C)c1. The van der Waals surface area contributed by atoms with E-state index in [0.717, 1.165) is 16.7 Å². The summed E-state index contributed by atoms with van der Waals surface area (Å²) >= 11 is 0. The van der Waals surface area contributed by atoms with Crippen molar-refractivity contribution in [1.82, 2.24) is 0 Å². The standard InChI is InChI=1S/C19H21NO3/c1-5-23-19(22)15-7-9-17(14(4)11-15)20-18(21)16-8-6-12(2)10-13(16)3/h6-11H,5H2,1-4H3,(H,20,21). The lowest BCUT2D eigenvalue weighted by molar-refractivity contribution is 0.0526. The highest BCUT2D eigenvalue weighted by molar-refractivity contribution is 6.06. The highest BCUT2D eigenvalue weighted by Gasteiger charge is 2.12. The maximum absolute atomic E-state index is 12.4. The molecule has 0 aromatic heterocycles. The Kier molecular flexibility index (Phi) is 5.16. The van der Waals surface area contributed by atoms with Crippen LogP contribution in [0.5, 0.6) is 0 Å². The number of carbonyl (C=O) groups excluding carboxylic acids is 2. The van der Waals surface area contributed by atoms with Gasteiger partial charge in [0.15, 0.2) is 0 Å². The molecule has 0 fully saturated rings. The third-order valence-corrected chi connectivity index (χ3v) is 3.61. The second kappa shape index (κ2) is 7.09. The molecule has 2 rings (SSSR count). The average Bonchev–Trinajstić information content (AvgIpc) is 2.49. The predicted octanol–water partition coefficient (Wildman–Crippen LogP) is 4.04. The number of nitrogens with one attached hydrogen (secondary N) is 1. The van der Waals surface area contributed by atoms with Crippen molar-refractivity contribution in [3.8, 4) is 0 Å². The van der Waals surface area contributed by atoms with Crippen LogP contribution in [0.15, 0.2) is 36.4 Å². The van der Waals surface area contributed by atoms with Gasteiger partial charge in [0.2, 0.25) is 0 Å². The molecule has 120 valence electrons. The molecule has 0 unspecified atom stereocenters. The van der Waals surface area contributed by atoms with Gasteiger partial charge >= 0.3 is 5.97 Å². The first-order valence-electron chi connectivity index (χ1n) is 7.58. The van der Waals surface area contributed by atoms with Crippen LogP contribution in [-0.2, 0) is 4.74 Å². The van der Waals surface area contributed by atoms with Crippen LogP contribution in [0.3, 0.4) is 0 Å². The molecule has 0 saturated heterocycles. The van der Waals surface area contributed by atoms with E-state index in [2.05, 4.69) is 5.32 Å². The van der Waals surface area contributed by atoms with Crippen LogP contribution in [0.2, 0.25) is 0 Å². The van der Waals surface area contributed by atoms with Gasteiger partial charge in [0.25, 0.3) is 5.91 Å². The molecule has 0 atom stereocenters. The number of esters is 1. The van der Waals surface area contributed by atoms with Crippen LogP contribution >= 0.6 is 0 Å². The maximum Gasteiger partial charge on any atom is 0.338 e. The van der Waals surface area contributed by atoms with Crippen LogP contribution in [-0.4, -0.2) is 18.5 Å². The quantitative estimate of drug-likeness (QED) is 0.867.